The van der Waals surface area contributed by atoms with Crippen LogP contribution in [0.1, 0.15) is 23.8 Å². The molecule has 2 unspecified atom stereocenters. The van der Waals surface area contributed by atoms with E-state index >= 15 is 0 Å². The van der Waals surface area contributed by atoms with Crippen LogP contribution in [0, 0.1) is 0 Å². The molecule has 19 heavy (non-hydrogen) atoms. The highest BCUT2D eigenvalue weighted by atomic mass is 35.5. The zero-order valence-electron chi connectivity index (χ0n) is 11.1. The summed E-state index contributed by atoms with van der Waals surface area (Å²) in [7, 11) is 3.56. The normalized spacial score (nSPS) is 21.1. The molecule has 102 valence electrons. The molecule has 0 amide bonds. The van der Waals surface area contributed by atoms with Crippen molar-refractivity contribution in [1.82, 2.24) is 9.13 Å². The second-order valence-electron chi connectivity index (χ2n) is 5.10. The van der Waals surface area contributed by atoms with Gasteiger partial charge in [0.05, 0.1) is 22.5 Å². The number of imidazole rings is 1. The molecule has 0 radical (unpaired) electrons. The van der Waals surface area contributed by atoms with Crippen LogP contribution in [0.15, 0.2) is 23.0 Å². The second kappa shape index (κ2) is 4.69. The molecule has 0 aliphatic carbocycles. The highest BCUT2D eigenvalue weighted by Crippen LogP contribution is 2.33. The van der Waals surface area contributed by atoms with Gasteiger partial charge in [0, 0.05) is 20.7 Å². The van der Waals surface area contributed by atoms with Gasteiger partial charge in [-0.3, -0.25) is 9.13 Å². The summed E-state index contributed by atoms with van der Waals surface area (Å²) in [6, 6.07) is 5.94. The molecule has 0 N–H and O–H groups in total. The number of rotatable bonds is 2. The average Bonchev–Trinajstić information content (AvgIpc) is 3.03. The lowest BCUT2D eigenvalue weighted by Gasteiger charge is -2.17. The fraction of sp³-hybridized carbons (Fsp3) is 0.500. The Bertz CT molecular complexity index is 668. The summed E-state index contributed by atoms with van der Waals surface area (Å²) in [5.74, 6) is 0. The third-order valence-electron chi connectivity index (χ3n) is 3.91. The van der Waals surface area contributed by atoms with E-state index in [9.17, 15) is 4.79 Å². The molecule has 1 aromatic carbocycles. The topological polar surface area (TPSA) is 36.2 Å². The predicted molar refractivity (Wildman–Crippen MR) is 75.7 cm³/mol. The average molecular weight is 281 g/mol. The summed E-state index contributed by atoms with van der Waals surface area (Å²) >= 11 is 6.49. The number of benzene rings is 1. The third kappa shape index (κ3) is 1.99. The third-order valence-corrected chi connectivity index (χ3v) is 4.44. The fourth-order valence-electron chi connectivity index (χ4n) is 2.74. The first kappa shape index (κ1) is 12.8. The monoisotopic (exact) mass is 280 g/mol. The Kier molecular flexibility index (Phi) is 3.15. The van der Waals surface area contributed by atoms with Gasteiger partial charge < -0.3 is 4.74 Å². The molecule has 4 nitrogen and oxygen atoms in total. The summed E-state index contributed by atoms with van der Waals surface area (Å²) in [5.41, 5.74) is 2.83. The standard InChI is InChI=1S/C14H17ClN2O2/c1-16-10-6-5-9(8-11(10)17(2)14(16)18)13(15)12-4-3-7-19-12/h5-6,8,12-13H,3-4,7H2,1-2H3. The quantitative estimate of drug-likeness (QED) is 0.792. The Morgan fingerprint density at radius 1 is 1.32 bits per heavy atom. The predicted octanol–water partition coefficient (Wildman–Crippen LogP) is 2.34. The zero-order valence-corrected chi connectivity index (χ0v) is 11.9. The first-order chi connectivity index (χ1) is 9.09. The maximum atomic E-state index is 11.9. The Morgan fingerprint density at radius 3 is 2.74 bits per heavy atom. The van der Waals surface area contributed by atoms with E-state index in [-0.39, 0.29) is 17.2 Å². The molecule has 2 atom stereocenters. The molecule has 3 rings (SSSR count). The highest BCUT2D eigenvalue weighted by Gasteiger charge is 2.26. The van der Waals surface area contributed by atoms with Gasteiger partial charge in [-0.15, -0.1) is 11.6 Å². The van der Waals surface area contributed by atoms with Crippen LogP contribution in [0.4, 0.5) is 0 Å². The van der Waals surface area contributed by atoms with Gasteiger partial charge in [0.1, 0.15) is 0 Å². The van der Waals surface area contributed by atoms with E-state index in [1.807, 2.05) is 18.2 Å². The lowest BCUT2D eigenvalue weighted by atomic mass is 10.0. The summed E-state index contributed by atoms with van der Waals surface area (Å²) in [5, 5.41) is -0.151. The number of hydrogen-bond acceptors (Lipinski definition) is 2. The van der Waals surface area contributed by atoms with Gasteiger partial charge in [-0.05, 0) is 30.5 Å². The van der Waals surface area contributed by atoms with E-state index in [2.05, 4.69) is 0 Å². The number of nitrogens with zero attached hydrogens (tertiary/aromatic N) is 2. The van der Waals surface area contributed by atoms with E-state index in [4.69, 9.17) is 16.3 Å². The van der Waals surface area contributed by atoms with Crippen LogP contribution in [0.3, 0.4) is 0 Å². The second-order valence-corrected chi connectivity index (χ2v) is 5.57. The largest absolute Gasteiger partial charge is 0.376 e. The highest BCUT2D eigenvalue weighted by molar-refractivity contribution is 6.21. The van der Waals surface area contributed by atoms with Gasteiger partial charge in [0.2, 0.25) is 0 Å². The summed E-state index contributed by atoms with van der Waals surface area (Å²) < 4.78 is 8.93. The van der Waals surface area contributed by atoms with Crippen molar-refractivity contribution in [2.24, 2.45) is 14.1 Å². The summed E-state index contributed by atoms with van der Waals surface area (Å²) in [6.45, 7) is 0.792. The SMILES string of the molecule is Cn1c(=O)n(C)c2cc(C(Cl)C3CCCO3)ccc21. The number of alkyl halides is 1. The van der Waals surface area contributed by atoms with Crippen LogP contribution >= 0.6 is 11.6 Å². The summed E-state index contributed by atoms with van der Waals surface area (Å²) in [4.78, 5) is 11.9. The van der Waals surface area contributed by atoms with E-state index in [0.717, 1.165) is 36.0 Å². The summed E-state index contributed by atoms with van der Waals surface area (Å²) in [6.07, 6.45) is 2.15. The van der Waals surface area contributed by atoms with Gasteiger partial charge in [-0.2, -0.15) is 0 Å². The molecule has 1 aliphatic rings. The van der Waals surface area contributed by atoms with Crippen LogP contribution in [0.5, 0.6) is 0 Å². The van der Waals surface area contributed by atoms with E-state index in [1.165, 1.54) is 0 Å². The van der Waals surface area contributed by atoms with Gasteiger partial charge in [0.25, 0.3) is 0 Å². The molecular weight excluding hydrogens is 264 g/mol. The van der Waals surface area contributed by atoms with Gasteiger partial charge >= 0.3 is 5.69 Å². The Labute approximate surface area is 116 Å². The molecule has 2 aromatic rings. The minimum Gasteiger partial charge on any atom is -0.376 e. The minimum atomic E-state index is -0.151. The number of hydrogen-bond donors (Lipinski definition) is 0. The van der Waals surface area contributed by atoms with E-state index in [0.29, 0.717) is 0 Å². The number of halogens is 1. The Balaban J connectivity index is 2.06. The van der Waals surface area contributed by atoms with Crippen molar-refractivity contribution in [2.75, 3.05) is 6.61 Å². The molecule has 1 aliphatic heterocycles. The fourth-order valence-corrected chi connectivity index (χ4v) is 3.08. The number of fused-ring (bicyclic) bond motifs is 1. The molecular formula is C14H17ClN2O2. The van der Waals surface area contributed by atoms with Crippen LogP contribution in [-0.4, -0.2) is 21.8 Å². The molecule has 1 fully saturated rings. The van der Waals surface area contributed by atoms with Crippen molar-refractivity contribution < 1.29 is 4.74 Å². The Hall–Kier alpha value is -1.26. The van der Waals surface area contributed by atoms with Crippen molar-refractivity contribution in [3.63, 3.8) is 0 Å². The molecule has 0 spiro atoms. The van der Waals surface area contributed by atoms with Crippen LogP contribution in [0.25, 0.3) is 11.0 Å². The lowest BCUT2D eigenvalue weighted by Crippen LogP contribution is -2.19. The van der Waals surface area contributed by atoms with Crippen molar-refractivity contribution in [3.8, 4) is 0 Å². The van der Waals surface area contributed by atoms with Crippen molar-refractivity contribution >= 4 is 22.6 Å². The zero-order chi connectivity index (χ0) is 13.6. The number of aromatic nitrogens is 2. The number of ether oxygens (including phenoxy) is 1. The minimum absolute atomic E-state index is 0.0182. The maximum absolute atomic E-state index is 11.9. The van der Waals surface area contributed by atoms with Crippen LogP contribution < -0.4 is 5.69 Å². The lowest BCUT2D eigenvalue weighted by molar-refractivity contribution is 0.107. The molecule has 0 bridgehead atoms. The van der Waals surface area contributed by atoms with Crippen LogP contribution in [-0.2, 0) is 18.8 Å². The molecule has 5 heteroatoms. The number of aryl methyl sites for hydroxylation is 2. The van der Waals surface area contributed by atoms with E-state index in [1.54, 1.807) is 23.2 Å². The van der Waals surface area contributed by atoms with Gasteiger partial charge in [-0.25, -0.2) is 4.79 Å². The Morgan fingerprint density at radius 2 is 2.05 bits per heavy atom. The molecule has 1 aromatic heterocycles. The first-order valence-corrected chi connectivity index (χ1v) is 6.94. The molecule has 2 heterocycles. The smallest absolute Gasteiger partial charge is 0.328 e. The maximum Gasteiger partial charge on any atom is 0.328 e. The molecule has 0 saturated carbocycles. The van der Waals surface area contributed by atoms with Crippen molar-refractivity contribution in [1.29, 1.82) is 0 Å². The van der Waals surface area contributed by atoms with Crippen molar-refractivity contribution in [3.05, 3.63) is 34.2 Å². The van der Waals surface area contributed by atoms with Crippen LogP contribution in [0.2, 0.25) is 0 Å². The van der Waals surface area contributed by atoms with Gasteiger partial charge in [-0.1, -0.05) is 6.07 Å². The first-order valence-electron chi connectivity index (χ1n) is 6.50. The van der Waals surface area contributed by atoms with Gasteiger partial charge in [0.15, 0.2) is 0 Å². The van der Waals surface area contributed by atoms with E-state index < -0.39 is 0 Å². The van der Waals surface area contributed by atoms with Crippen molar-refractivity contribution in [2.45, 2.75) is 24.3 Å². The molecule has 1 saturated heterocycles.